The lowest BCUT2D eigenvalue weighted by molar-refractivity contribution is 0.475. The van der Waals surface area contributed by atoms with Crippen LogP contribution >= 0.6 is 0 Å². The van der Waals surface area contributed by atoms with E-state index in [0.717, 1.165) is 58.0 Å². The number of hydrogen-bond donors (Lipinski definition) is 3. The summed E-state index contributed by atoms with van der Waals surface area (Å²) in [6.07, 6.45) is 4.46. The third-order valence-corrected chi connectivity index (χ3v) is 10.9. The zero-order valence-electron chi connectivity index (χ0n) is 41.7. The summed E-state index contributed by atoms with van der Waals surface area (Å²) in [6.45, 7) is 20.9. The van der Waals surface area contributed by atoms with Crippen LogP contribution in [0.25, 0.3) is 53.9 Å². The van der Waals surface area contributed by atoms with Gasteiger partial charge in [-0.1, -0.05) is 233 Å². The molecule has 0 aliphatic rings. The fourth-order valence-electron chi connectivity index (χ4n) is 7.61. The van der Waals surface area contributed by atoms with Crippen molar-refractivity contribution in [3.05, 3.63) is 222 Å². The van der Waals surface area contributed by atoms with Crippen LogP contribution in [0, 0.1) is 0 Å². The van der Waals surface area contributed by atoms with Crippen LogP contribution < -0.4 is 0 Å². The van der Waals surface area contributed by atoms with Crippen LogP contribution in [0.3, 0.4) is 0 Å². The third kappa shape index (κ3) is 16.1. The maximum Gasteiger partial charge on any atom is 0.116 e. The molecule has 0 radical (unpaired) electrons. The summed E-state index contributed by atoms with van der Waals surface area (Å²) in [7, 11) is 0. The smallest absolute Gasteiger partial charge is 0.116 e. The summed E-state index contributed by atoms with van der Waals surface area (Å²) in [5.74, 6) is 0.969. The van der Waals surface area contributed by atoms with Crippen molar-refractivity contribution < 1.29 is 15.3 Å². The molecule has 67 heavy (non-hydrogen) atoms. The van der Waals surface area contributed by atoms with Gasteiger partial charge in [0.05, 0.1) is 0 Å². The Kier molecular flexibility index (Phi) is 24.4. The van der Waals surface area contributed by atoms with E-state index in [4.69, 9.17) is 15.3 Å². The fraction of sp³-hybridized carbons (Fsp3) is 0.219. The van der Waals surface area contributed by atoms with Gasteiger partial charge in [0.1, 0.15) is 17.2 Å². The van der Waals surface area contributed by atoms with Gasteiger partial charge in [-0.15, -0.1) is 0 Å². The molecule has 0 amide bonds. The van der Waals surface area contributed by atoms with E-state index in [1.807, 2.05) is 133 Å². The number of benzene rings is 10. The van der Waals surface area contributed by atoms with E-state index in [1.165, 1.54) is 43.8 Å². The van der Waals surface area contributed by atoms with Gasteiger partial charge < -0.3 is 15.3 Å². The number of aromatic hydroxyl groups is 3. The Hall–Kier alpha value is -7.10. The van der Waals surface area contributed by atoms with Gasteiger partial charge in [0.2, 0.25) is 0 Å². The second kappa shape index (κ2) is 30.2. The minimum absolute atomic E-state index is 0.323. The molecule has 3 heteroatoms. The molecule has 0 aliphatic carbocycles. The monoisotopic (exact) mass is 891 g/mol. The quantitative estimate of drug-likeness (QED) is 0.165. The topological polar surface area (TPSA) is 60.7 Å². The van der Waals surface area contributed by atoms with Crippen LogP contribution in [0.2, 0.25) is 0 Å². The van der Waals surface area contributed by atoms with Gasteiger partial charge in [-0.3, -0.25) is 0 Å². The van der Waals surface area contributed by atoms with E-state index >= 15 is 0 Å². The van der Waals surface area contributed by atoms with E-state index in [1.54, 1.807) is 36.4 Å². The molecule has 0 aliphatic heterocycles. The zero-order chi connectivity index (χ0) is 49.0. The molecule has 0 aromatic heterocycles. The Labute approximate surface area is 402 Å². The third-order valence-electron chi connectivity index (χ3n) is 10.9. The second-order valence-electron chi connectivity index (χ2n) is 14.9. The molecule has 3 N–H and O–H groups in total. The Morgan fingerprint density at radius 3 is 0.642 bits per heavy atom. The van der Waals surface area contributed by atoms with Crippen molar-refractivity contribution in [2.24, 2.45) is 0 Å². The molecule has 0 atom stereocenters. The van der Waals surface area contributed by atoms with E-state index < -0.39 is 0 Å². The highest BCUT2D eigenvalue weighted by atomic mass is 16.3. The van der Waals surface area contributed by atoms with Crippen LogP contribution in [0.15, 0.2) is 200 Å². The average Bonchev–Trinajstić information content (AvgIpc) is 3.40. The fourth-order valence-corrected chi connectivity index (χ4v) is 7.61. The molecule has 10 rings (SSSR count). The lowest BCUT2D eigenvalue weighted by Gasteiger charge is -2.08. The number of fused-ring (bicyclic) bond motifs is 5. The summed E-state index contributed by atoms with van der Waals surface area (Å²) in [5, 5.41) is 39.8. The first kappa shape index (κ1) is 54.2. The highest BCUT2D eigenvalue weighted by Crippen LogP contribution is 2.25. The highest BCUT2D eigenvalue weighted by molar-refractivity contribution is 5.90. The molecule has 0 fully saturated rings. The van der Waals surface area contributed by atoms with Crippen LogP contribution in [0.1, 0.15) is 91.5 Å². The van der Waals surface area contributed by atoms with Crippen molar-refractivity contribution in [2.45, 2.75) is 94.9 Å². The molecule has 3 nitrogen and oxygen atoms in total. The molecular weight excluding hydrogens is 817 g/mol. The lowest BCUT2D eigenvalue weighted by atomic mass is 9.97. The van der Waals surface area contributed by atoms with Gasteiger partial charge in [0, 0.05) is 0 Å². The molecule has 10 aromatic carbocycles. The van der Waals surface area contributed by atoms with Gasteiger partial charge in [-0.25, -0.2) is 0 Å². The van der Waals surface area contributed by atoms with E-state index in [9.17, 15) is 0 Å². The Balaban J connectivity index is 0.000000216. The molecular formula is C64H74O3. The van der Waals surface area contributed by atoms with Crippen molar-refractivity contribution in [3.63, 3.8) is 0 Å². The van der Waals surface area contributed by atoms with Crippen molar-refractivity contribution >= 4 is 53.9 Å². The molecule has 0 heterocycles. The number of aryl methyl sites for hydroxylation is 4. The van der Waals surface area contributed by atoms with Crippen LogP contribution in [-0.4, -0.2) is 15.3 Å². The Morgan fingerprint density at radius 1 is 0.239 bits per heavy atom. The van der Waals surface area contributed by atoms with Crippen molar-refractivity contribution in [2.75, 3.05) is 0 Å². The molecule has 0 unspecified atom stereocenters. The Bertz CT molecular complexity index is 2610. The zero-order valence-corrected chi connectivity index (χ0v) is 41.7. The molecule has 0 bridgehead atoms. The van der Waals surface area contributed by atoms with Crippen molar-refractivity contribution in [1.29, 1.82) is 0 Å². The molecule has 348 valence electrons. The highest BCUT2D eigenvalue weighted by Gasteiger charge is 2.03. The first-order chi connectivity index (χ1) is 32.8. The predicted molar refractivity (Wildman–Crippen MR) is 296 cm³/mol. The Morgan fingerprint density at radius 2 is 0.433 bits per heavy atom. The van der Waals surface area contributed by atoms with Gasteiger partial charge in [-0.2, -0.15) is 0 Å². The second-order valence-corrected chi connectivity index (χ2v) is 14.9. The summed E-state index contributed by atoms with van der Waals surface area (Å²) in [6, 6.07) is 66.4. The first-order valence-electron chi connectivity index (χ1n) is 24.3. The minimum atomic E-state index is 0.323. The van der Waals surface area contributed by atoms with Crippen molar-refractivity contribution in [3.8, 4) is 17.2 Å². The van der Waals surface area contributed by atoms with E-state index in [-0.39, 0.29) is 0 Å². The number of hydrogen-bond acceptors (Lipinski definition) is 3. The summed E-state index contributed by atoms with van der Waals surface area (Å²) in [4.78, 5) is 0. The number of phenols is 3. The van der Waals surface area contributed by atoms with Crippen LogP contribution in [-0.2, 0) is 25.7 Å². The van der Waals surface area contributed by atoms with Gasteiger partial charge in [-0.05, 0) is 138 Å². The largest absolute Gasteiger partial charge is 0.508 e. The molecule has 0 saturated heterocycles. The van der Waals surface area contributed by atoms with Crippen LogP contribution in [0.5, 0.6) is 17.2 Å². The normalized spacial score (nSPS) is 9.76. The van der Waals surface area contributed by atoms with Gasteiger partial charge in [0.25, 0.3) is 0 Å². The summed E-state index contributed by atoms with van der Waals surface area (Å²) >= 11 is 0. The van der Waals surface area contributed by atoms with E-state index in [0.29, 0.717) is 17.2 Å². The predicted octanol–water partition coefficient (Wildman–Crippen LogP) is 18.6. The molecule has 10 aromatic rings. The lowest BCUT2D eigenvalue weighted by Crippen LogP contribution is -1.88. The first-order valence-corrected chi connectivity index (χ1v) is 24.3. The summed E-state index contributed by atoms with van der Waals surface area (Å²) < 4.78 is 0. The maximum absolute atomic E-state index is 9.13. The SMILES string of the molecule is CC.CC.CC.CCc1ccc(CC)c2ccccc12.CCc1ccc(CC)c2ccccc12.Oc1ccc2ccccc2c1.Oc1ccc2ccccc2c1.Oc1ccc2ccccc2c1. The molecule has 0 spiro atoms. The summed E-state index contributed by atoms with van der Waals surface area (Å²) in [5.41, 5.74) is 5.83. The number of rotatable bonds is 4. The van der Waals surface area contributed by atoms with E-state index in [2.05, 4.69) is 100 Å². The molecule has 0 saturated carbocycles. The number of phenolic OH excluding ortho intramolecular Hbond substituents is 3. The van der Waals surface area contributed by atoms with Crippen molar-refractivity contribution in [1.82, 2.24) is 0 Å². The van der Waals surface area contributed by atoms with Crippen LogP contribution in [0.4, 0.5) is 0 Å². The van der Waals surface area contributed by atoms with Gasteiger partial charge >= 0.3 is 0 Å². The van der Waals surface area contributed by atoms with Gasteiger partial charge in [0.15, 0.2) is 0 Å². The maximum atomic E-state index is 9.13. The standard InChI is InChI=1S/2C14H16.3C10H8O.3C2H6/c2*1-3-11-9-10-12(4-2)14-8-6-5-7-13(11)14;3*11-10-6-5-8-3-1-2-4-9(8)7-10;3*1-2/h2*5-10H,3-4H2,1-2H3;3*1-7,11H;3*1-2H3. The minimum Gasteiger partial charge on any atom is -0.508 e. The average molecular weight is 891 g/mol.